The van der Waals surface area contributed by atoms with E-state index in [0.29, 0.717) is 17.4 Å². The number of rotatable bonds is 2. The number of benzene rings is 2. The summed E-state index contributed by atoms with van der Waals surface area (Å²) in [6, 6.07) is 12.8. The van der Waals surface area contributed by atoms with Crippen LogP contribution in [-0.4, -0.2) is 37.8 Å². The molecule has 8 bridgehead atoms. The highest BCUT2D eigenvalue weighted by atomic mass is 35.5. The molecule has 5 aromatic rings. The van der Waals surface area contributed by atoms with Crippen LogP contribution in [0.2, 0.25) is 5.02 Å². The average molecular weight is 648 g/mol. The van der Waals surface area contributed by atoms with Gasteiger partial charge in [0.25, 0.3) is 0 Å². The van der Waals surface area contributed by atoms with Gasteiger partial charge in [-0.25, -0.2) is 0 Å². The van der Waals surface area contributed by atoms with Crippen molar-refractivity contribution in [1.29, 1.82) is 0 Å². The van der Waals surface area contributed by atoms with Crippen LogP contribution in [0.3, 0.4) is 0 Å². The van der Waals surface area contributed by atoms with Gasteiger partial charge in [0.15, 0.2) is 0 Å². The molecule has 6 rings (SSSR count). The predicted molar refractivity (Wildman–Crippen MR) is 184 cm³/mol. The topological polar surface area (TPSA) is 59.0 Å². The maximum absolute atomic E-state index is 7.07. The summed E-state index contributed by atoms with van der Waals surface area (Å²) in [4.78, 5) is 1.19. The summed E-state index contributed by atoms with van der Waals surface area (Å²) in [5, 5.41) is 11.6. The third-order valence-electron chi connectivity index (χ3n) is 8.31. The van der Waals surface area contributed by atoms with Crippen LogP contribution in [0.25, 0.3) is 27.8 Å². The largest absolute Gasteiger partial charge is 0.495 e. The molecular weight excluding hydrogens is 610 g/mol. The molecule has 0 saturated heterocycles. The van der Waals surface area contributed by atoms with Crippen molar-refractivity contribution in [2.45, 2.75) is 55.9 Å². The third-order valence-corrected chi connectivity index (χ3v) is 10.6. The summed E-state index contributed by atoms with van der Waals surface area (Å²) in [5.74, 6) is 3.89. The van der Waals surface area contributed by atoms with E-state index < -0.39 is 0 Å². The fourth-order valence-corrected chi connectivity index (χ4v) is 8.28. The van der Waals surface area contributed by atoms with Crippen molar-refractivity contribution < 1.29 is 9.47 Å². The van der Waals surface area contributed by atoms with E-state index in [1.807, 2.05) is 53.0 Å². The lowest BCUT2D eigenvalue weighted by molar-refractivity contribution is 0.300. The Morgan fingerprint density at radius 2 is 1.82 bits per heavy atom. The Morgan fingerprint density at radius 3 is 2.61 bits per heavy atom. The lowest BCUT2D eigenvalue weighted by atomic mass is 9.97. The van der Waals surface area contributed by atoms with Crippen molar-refractivity contribution in [3.05, 3.63) is 87.6 Å². The number of aromatic nitrogens is 5. The van der Waals surface area contributed by atoms with E-state index in [1.54, 1.807) is 7.11 Å². The zero-order valence-corrected chi connectivity index (χ0v) is 28.5. The van der Waals surface area contributed by atoms with Gasteiger partial charge < -0.3 is 14.0 Å². The fourth-order valence-electron chi connectivity index (χ4n) is 6.13. The van der Waals surface area contributed by atoms with E-state index in [0.717, 1.165) is 86.3 Å². The zero-order valence-electron chi connectivity index (χ0n) is 26.2. The monoisotopic (exact) mass is 647 g/mol. The molecule has 1 aliphatic rings. The lowest BCUT2D eigenvalue weighted by Crippen LogP contribution is -2.08. The van der Waals surface area contributed by atoms with Gasteiger partial charge in [-0.15, -0.1) is 23.5 Å². The highest BCUT2D eigenvalue weighted by Gasteiger charge is 2.26. The summed E-state index contributed by atoms with van der Waals surface area (Å²) in [6.07, 6.45) is 0.813. The van der Waals surface area contributed by atoms with E-state index in [2.05, 4.69) is 62.2 Å². The van der Waals surface area contributed by atoms with Gasteiger partial charge in [0.2, 0.25) is 0 Å². The standard InChI is InChI=1S/C34H38ClN5O2S2/c1-20-13-26-16-27(14-20)44-18-25-15-24(36-39(25)6)17-43-19-29-32(22(3)38(5)37-29)33-28(35)9-10-30-31(33)21(2)34(23(4)41-7)40(30)11-8-12-42-26/h9-10,13-16H,4,8,11-12,17-19H2,1-3,5-7H3. The Hall–Kier alpha value is -3.27. The first-order chi connectivity index (χ1) is 21.2. The van der Waals surface area contributed by atoms with Crippen LogP contribution in [-0.2, 0) is 42.6 Å². The first kappa shape index (κ1) is 30.7. The van der Waals surface area contributed by atoms with Crippen LogP contribution in [0.1, 0.15) is 46.0 Å². The summed E-state index contributed by atoms with van der Waals surface area (Å²) in [6.45, 7) is 12.0. The molecule has 0 spiro atoms. The van der Waals surface area contributed by atoms with Gasteiger partial charge >= 0.3 is 0 Å². The summed E-state index contributed by atoms with van der Waals surface area (Å²) in [5.41, 5.74) is 10.8. The minimum Gasteiger partial charge on any atom is -0.495 e. The van der Waals surface area contributed by atoms with E-state index in [4.69, 9.17) is 31.3 Å². The molecule has 0 atom stereocenters. The minimum atomic E-state index is 0.583. The van der Waals surface area contributed by atoms with Gasteiger partial charge in [0, 0.05) is 81.2 Å². The lowest BCUT2D eigenvalue weighted by Gasteiger charge is -2.14. The van der Waals surface area contributed by atoms with Crippen molar-refractivity contribution in [3.8, 4) is 16.9 Å². The Balaban J connectivity index is 1.48. The summed E-state index contributed by atoms with van der Waals surface area (Å²) >= 11 is 10.7. The molecule has 0 N–H and O–H groups in total. The molecule has 0 unspecified atom stereocenters. The molecule has 10 heteroatoms. The Kier molecular flexibility index (Phi) is 8.81. The van der Waals surface area contributed by atoms with Crippen LogP contribution < -0.4 is 4.74 Å². The molecule has 0 amide bonds. The highest BCUT2D eigenvalue weighted by Crippen LogP contribution is 2.44. The second-order valence-corrected chi connectivity index (χ2v) is 13.8. The molecular formula is C34H38ClN5O2S2. The maximum atomic E-state index is 7.07. The van der Waals surface area contributed by atoms with Crippen molar-refractivity contribution in [3.63, 3.8) is 0 Å². The van der Waals surface area contributed by atoms with Gasteiger partial charge in [-0.3, -0.25) is 9.36 Å². The van der Waals surface area contributed by atoms with Gasteiger partial charge in [-0.2, -0.15) is 10.2 Å². The quantitative estimate of drug-likeness (QED) is 0.179. The van der Waals surface area contributed by atoms with E-state index in [9.17, 15) is 0 Å². The number of methoxy groups -OCH3 is 1. The number of aryl methyl sites for hydroxylation is 5. The smallest absolute Gasteiger partial charge is 0.135 e. The second-order valence-electron chi connectivity index (χ2n) is 11.3. The van der Waals surface area contributed by atoms with E-state index in [1.165, 1.54) is 16.2 Å². The first-order valence-corrected chi connectivity index (χ1v) is 17.2. The van der Waals surface area contributed by atoms with Crippen LogP contribution >= 0.6 is 35.1 Å². The van der Waals surface area contributed by atoms with E-state index >= 15 is 0 Å². The molecule has 0 fully saturated rings. The number of fused-ring (bicyclic) bond motifs is 6. The molecule has 2 aromatic carbocycles. The molecule has 44 heavy (non-hydrogen) atoms. The van der Waals surface area contributed by atoms with Crippen LogP contribution in [0.5, 0.6) is 5.75 Å². The van der Waals surface area contributed by atoms with Gasteiger partial charge in [0.05, 0.1) is 30.8 Å². The van der Waals surface area contributed by atoms with Crippen molar-refractivity contribution in [2.24, 2.45) is 14.1 Å². The van der Waals surface area contributed by atoms with Gasteiger partial charge in [-0.05, 0) is 74.7 Å². The van der Waals surface area contributed by atoms with Crippen LogP contribution in [0.15, 0.2) is 47.9 Å². The number of hydrogen-bond donors (Lipinski definition) is 0. The van der Waals surface area contributed by atoms with Crippen LogP contribution in [0.4, 0.5) is 0 Å². The fraction of sp³-hybridized carbons (Fsp3) is 0.353. The molecule has 0 saturated carbocycles. The number of hydrogen-bond acceptors (Lipinski definition) is 6. The number of thioether (sulfide) groups is 2. The predicted octanol–water partition coefficient (Wildman–Crippen LogP) is 8.48. The van der Waals surface area contributed by atoms with Crippen molar-refractivity contribution >= 4 is 51.8 Å². The second kappa shape index (κ2) is 12.6. The van der Waals surface area contributed by atoms with E-state index in [-0.39, 0.29) is 0 Å². The third kappa shape index (κ3) is 5.77. The van der Waals surface area contributed by atoms with Gasteiger partial charge in [-0.1, -0.05) is 18.2 Å². The molecule has 7 nitrogen and oxygen atoms in total. The Labute approximate surface area is 272 Å². The number of ether oxygens (including phenoxy) is 2. The number of nitrogens with zero attached hydrogens (tertiary/aromatic N) is 5. The zero-order chi connectivity index (χ0) is 31.1. The van der Waals surface area contributed by atoms with Gasteiger partial charge in [0.1, 0.15) is 11.5 Å². The van der Waals surface area contributed by atoms with Crippen LogP contribution in [0, 0.1) is 20.8 Å². The SMILES string of the molecule is C=C(OC)c1c(C)c2c3c(Cl)ccc2n1CCCOc1cc(C)cc(c1)SCc1cc(nn1C)CSCc1nn(C)c(C)c1-3. The first-order valence-electron chi connectivity index (χ1n) is 14.7. The Morgan fingerprint density at radius 1 is 1.00 bits per heavy atom. The normalized spacial score (nSPS) is 14.2. The molecule has 3 aromatic heterocycles. The average Bonchev–Trinajstić information content (AvgIpc) is 3.59. The molecule has 1 aliphatic heterocycles. The Bertz CT molecular complexity index is 1890. The summed E-state index contributed by atoms with van der Waals surface area (Å²) < 4.78 is 18.3. The minimum absolute atomic E-state index is 0.583. The van der Waals surface area contributed by atoms with Crippen molar-refractivity contribution in [2.75, 3.05) is 13.7 Å². The molecule has 0 radical (unpaired) electrons. The highest BCUT2D eigenvalue weighted by molar-refractivity contribution is 7.98. The molecule has 4 heterocycles. The maximum Gasteiger partial charge on any atom is 0.135 e. The van der Waals surface area contributed by atoms with Crippen molar-refractivity contribution in [1.82, 2.24) is 24.1 Å². The summed E-state index contributed by atoms with van der Waals surface area (Å²) in [7, 11) is 5.70. The molecule has 0 aliphatic carbocycles. The number of halogens is 1. The molecule has 230 valence electrons.